The smallest absolute Gasteiger partial charge is 0.159 e. The van der Waals surface area contributed by atoms with Crippen LogP contribution in [0.1, 0.15) is 45.1 Å². The van der Waals surface area contributed by atoms with E-state index < -0.39 is 5.41 Å². The van der Waals surface area contributed by atoms with E-state index in [1.165, 1.54) is 33.0 Å². The number of hydrogen-bond donors (Lipinski definition) is 1. The summed E-state index contributed by atoms with van der Waals surface area (Å²) in [4.78, 5) is 10.5. The van der Waals surface area contributed by atoms with E-state index in [1.54, 1.807) is 0 Å². The first-order valence-corrected chi connectivity index (χ1v) is 16.4. The van der Waals surface area contributed by atoms with Crippen molar-refractivity contribution < 1.29 is 4.74 Å². The number of benzene rings is 7. The van der Waals surface area contributed by atoms with Crippen LogP contribution in [-0.4, -0.2) is 11.7 Å². The minimum Gasteiger partial charge on any atom is -0.457 e. The first-order chi connectivity index (χ1) is 23.8. The zero-order valence-electron chi connectivity index (χ0n) is 26.0. The van der Waals surface area contributed by atoms with Gasteiger partial charge in [0, 0.05) is 27.8 Å². The molecule has 0 radical (unpaired) electrons. The fourth-order valence-electron chi connectivity index (χ4n) is 7.97. The van der Waals surface area contributed by atoms with Gasteiger partial charge >= 0.3 is 0 Å². The average Bonchev–Trinajstić information content (AvgIpc) is 3.45. The Morgan fingerprint density at radius 1 is 0.521 bits per heavy atom. The molecule has 2 aliphatic heterocycles. The number of nitrogens with zero attached hydrogens (tertiary/aromatic N) is 2. The van der Waals surface area contributed by atoms with Crippen molar-refractivity contribution in [1.29, 1.82) is 0 Å². The van der Waals surface area contributed by atoms with E-state index in [0.29, 0.717) is 5.84 Å². The molecule has 0 saturated heterocycles. The highest BCUT2D eigenvalue weighted by Crippen LogP contribution is 2.62. The van der Waals surface area contributed by atoms with Crippen LogP contribution in [0.25, 0.3) is 21.9 Å². The second-order valence-corrected chi connectivity index (χ2v) is 12.5. The predicted molar refractivity (Wildman–Crippen MR) is 193 cm³/mol. The van der Waals surface area contributed by atoms with Crippen molar-refractivity contribution in [2.75, 3.05) is 0 Å². The zero-order chi connectivity index (χ0) is 31.7. The molecule has 4 heteroatoms. The van der Waals surface area contributed by atoms with Crippen LogP contribution in [0.3, 0.4) is 0 Å². The van der Waals surface area contributed by atoms with E-state index in [1.807, 2.05) is 18.2 Å². The Kier molecular flexibility index (Phi) is 5.82. The number of fused-ring (bicyclic) bond motifs is 10. The highest BCUT2D eigenvalue weighted by Gasteiger charge is 2.51. The second kappa shape index (κ2) is 10.4. The number of para-hydroxylation sites is 1. The molecule has 2 heterocycles. The first-order valence-electron chi connectivity index (χ1n) is 16.4. The Balaban J connectivity index is 1.22. The fraction of sp³-hybridized carbons (Fsp3) is 0.0455. The maximum absolute atomic E-state index is 6.68. The predicted octanol–water partition coefficient (Wildman–Crippen LogP) is 9.80. The van der Waals surface area contributed by atoms with Crippen LogP contribution in [0.4, 0.5) is 0 Å². The van der Waals surface area contributed by atoms with Crippen LogP contribution in [0, 0.1) is 0 Å². The van der Waals surface area contributed by atoms with E-state index in [-0.39, 0.29) is 6.17 Å². The average molecular weight is 616 g/mol. The Bertz CT molecular complexity index is 2430. The van der Waals surface area contributed by atoms with Crippen molar-refractivity contribution in [3.8, 4) is 22.6 Å². The summed E-state index contributed by atoms with van der Waals surface area (Å²) in [5.41, 5.74) is 9.77. The molecule has 48 heavy (non-hydrogen) atoms. The normalized spacial score (nSPS) is 16.5. The number of aliphatic imine (C=N–C) groups is 2. The van der Waals surface area contributed by atoms with Gasteiger partial charge in [-0.25, -0.2) is 9.98 Å². The van der Waals surface area contributed by atoms with Gasteiger partial charge in [-0.15, -0.1) is 0 Å². The fourth-order valence-corrected chi connectivity index (χ4v) is 7.97. The standard InChI is InChI=1S/C44H29N3O/c1-2-14-29(15-3-1)41-45-42(47-43(46-41)34-20-12-16-28-13-4-5-17-31(28)34)30-25-26-40-38(27-30)44(37-23-10-11-24-39(37)48-40)35-21-8-6-18-32(35)33-19-7-9-22-36(33)44/h1-27,43H,(H,45,46,47). The molecule has 1 N–H and O–H groups in total. The van der Waals surface area contributed by atoms with E-state index in [0.717, 1.165) is 45.2 Å². The topological polar surface area (TPSA) is 46.0 Å². The Morgan fingerprint density at radius 3 is 1.98 bits per heavy atom. The minimum atomic E-state index is -0.554. The summed E-state index contributed by atoms with van der Waals surface area (Å²) < 4.78 is 6.68. The van der Waals surface area contributed by atoms with Gasteiger partial charge < -0.3 is 10.1 Å². The number of rotatable bonds is 3. The monoisotopic (exact) mass is 615 g/mol. The lowest BCUT2D eigenvalue weighted by molar-refractivity contribution is 0.436. The molecule has 0 saturated carbocycles. The molecule has 0 amide bonds. The highest BCUT2D eigenvalue weighted by atomic mass is 16.5. The van der Waals surface area contributed by atoms with Crippen molar-refractivity contribution in [2.45, 2.75) is 11.6 Å². The Morgan fingerprint density at radius 2 is 1.17 bits per heavy atom. The van der Waals surface area contributed by atoms with E-state index >= 15 is 0 Å². The molecular weight excluding hydrogens is 587 g/mol. The van der Waals surface area contributed by atoms with Crippen molar-refractivity contribution in [3.63, 3.8) is 0 Å². The van der Waals surface area contributed by atoms with Gasteiger partial charge in [0.05, 0.1) is 5.41 Å². The van der Waals surface area contributed by atoms with Crippen LogP contribution >= 0.6 is 0 Å². The molecule has 1 unspecified atom stereocenters. The molecule has 1 spiro atoms. The maximum atomic E-state index is 6.68. The van der Waals surface area contributed by atoms with Crippen LogP contribution in [0.2, 0.25) is 0 Å². The van der Waals surface area contributed by atoms with Crippen LogP contribution in [0.15, 0.2) is 174 Å². The van der Waals surface area contributed by atoms with Gasteiger partial charge in [0.1, 0.15) is 23.5 Å². The van der Waals surface area contributed by atoms with E-state index in [9.17, 15) is 0 Å². The molecule has 1 aliphatic carbocycles. The van der Waals surface area contributed by atoms with Gasteiger partial charge in [-0.2, -0.15) is 0 Å². The molecule has 7 aromatic rings. The highest BCUT2D eigenvalue weighted by molar-refractivity contribution is 6.13. The lowest BCUT2D eigenvalue weighted by Gasteiger charge is -2.39. The van der Waals surface area contributed by atoms with Crippen LogP contribution in [-0.2, 0) is 5.41 Å². The Hall–Kier alpha value is -6.26. The summed E-state index contributed by atoms with van der Waals surface area (Å²) in [5, 5.41) is 6.02. The molecule has 7 aromatic carbocycles. The summed E-state index contributed by atoms with van der Waals surface area (Å²) in [7, 11) is 0. The molecule has 226 valence electrons. The van der Waals surface area contributed by atoms with Gasteiger partial charge in [-0.3, -0.25) is 0 Å². The lowest BCUT2D eigenvalue weighted by atomic mass is 9.66. The molecule has 10 rings (SSSR count). The minimum absolute atomic E-state index is 0.325. The molecule has 4 nitrogen and oxygen atoms in total. The molecule has 0 fully saturated rings. The van der Waals surface area contributed by atoms with Gasteiger partial charge in [0.15, 0.2) is 5.84 Å². The van der Waals surface area contributed by atoms with Gasteiger partial charge in [-0.05, 0) is 57.3 Å². The van der Waals surface area contributed by atoms with E-state index in [2.05, 4.69) is 151 Å². The summed E-state index contributed by atoms with van der Waals surface area (Å²) in [5.74, 6) is 3.20. The Labute approximate surface area is 278 Å². The molecular formula is C44H29N3O. The van der Waals surface area contributed by atoms with Crippen molar-refractivity contribution in [2.24, 2.45) is 9.98 Å². The quantitative estimate of drug-likeness (QED) is 0.215. The van der Waals surface area contributed by atoms with Crippen molar-refractivity contribution >= 4 is 22.4 Å². The van der Waals surface area contributed by atoms with Gasteiger partial charge in [0.25, 0.3) is 0 Å². The van der Waals surface area contributed by atoms with Crippen LogP contribution < -0.4 is 10.1 Å². The SMILES string of the molecule is c1ccc(C2=NC(c3ccc4c(c3)C3(c5ccccc5O4)c4ccccc4-c4ccccc43)=NC(c3cccc4ccccc34)N2)cc1. The molecule has 0 aromatic heterocycles. The lowest BCUT2D eigenvalue weighted by Crippen LogP contribution is -2.34. The molecule has 1 atom stereocenters. The second-order valence-electron chi connectivity index (χ2n) is 12.5. The third-order valence-electron chi connectivity index (χ3n) is 10.0. The summed E-state index contributed by atoms with van der Waals surface area (Å²) in [6.45, 7) is 0. The summed E-state index contributed by atoms with van der Waals surface area (Å²) >= 11 is 0. The number of hydrogen-bond acceptors (Lipinski definition) is 4. The first kappa shape index (κ1) is 26.9. The third-order valence-corrected chi connectivity index (χ3v) is 10.0. The van der Waals surface area contributed by atoms with Crippen molar-refractivity contribution in [3.05, 3.63) is 203 Å². The van der Waals surface area contributed by atoms with Crippen molar-refractivity contribution in [1.82, 2.24) is 5.32 Å². The summed E-state index contributed by atoms with van der Waals surface area (Å²) in [6, 6.07) is 57.7. The number of ether oxygens (including phenoxy) is 1. The third kappa shape index (κ3) is 3.83. The zero-order valence-corrected chi connectivity index (χ0v) is 26.0. The van der Waals surface area contributed by atoms with Crippen LogP contribution in [0.5, 0.6) is 11.5 Å². The molecule has 0 bridgehead atoms. The number of nitrogens with one attached hydrogen (secondary N) is 1. The maximum Gasteiger partial charge on any atom is 0.159 e. The van der Waals surface area contributed by atoms with Gasteiger partial charge in [0.2, 0.25) is 0 Å². The molecule has 3 aliphatic rings. The largest absolute Gasteiger partial charge is 0.457 e. The van der Waals surface area contributed by atoms with E-state index in [4.69, 9.17) is 14.7 Å². The number of amidine groups is 2. The summed E-state index contributed by atoms with van der Waals surface area (Å²) in [6.07, 6.45) is -0.325. The van der Waals surface area contributed by atoms with Gasteiger partial charge in [-0.1, -0.05) is 140 Å².